The zero-order valence-electron chi connectivity index (χ0n) is 17.9. The molecule has 26 heavy (non-hydrogen) atoms. The summed E-state index contributed by atoms with van der Waals surface area (Å²) in [5.74, 6) is 0. The van der Waals surface area contributed by atoms with Gasteiger partial charge < -0.3 is 15.3 Å². The maximum absolute atomic E-state index is 8.70. The molecule has 0 bridgehead atoms. The molecule has 0 aromatic carbocycles. The van der Waals surface area contributed by atoms with E-state index in [4.69, 9.17) is 30.6 Å². The molecule has 0 heterocycles. The predicted octanol–water partition coefficient (Wildman–Crippen LogP) is 0.606. The van der Waals surface area contributed by atoms with Gasteiger partial charge in [0.15, 0.2) is 0 Å². The van der Waals surface area contributed by atoms with Gasteiger partial charge in [-0.25, -0.2) is 0 Å². The van der Waals surface area contributed by atoms with E-state index in [1.54, 1.807) is 41.5 Å². The first-order chi connectivity index (χ1) is 11.5. The van der Waals surface area contributed by atoms with Gasteiger partial charge in [-0.1, -0.05) is 0 Å². The Morgan fingerprint density at radius 2 is 0.692 bits per heavy atom. The molecule has 166 valence electrons. The summed E-state index contributed by atoms with van der Waals surface area (Å²) in [6.45, 7) is 11.2. The molecule has 0 radical (unpaired) electrons. The van der Waals surface area contributed by atoms with Crippen molar-refractivity contribution in [3.63, 3.8) is 0 Å². The maximum atomic E-state index is 8.70. The molecule has 0 saturated carbocycles. The summed E-state index contributed by atoms with van der Waals surface area (Å²) in [5, 5.41) is 50.3. The quantitative estimate of drug-likeness (QED) is 0.215. The Morgan fingerprint density at radius 3 is 0.808 bits per heavy atom. The molecule has 0 unspecified atom stereocenters. The second kappa shape index (κ2) is 33.9. The van der Waals surface area contributed by atoms with Crippen molar-refractivity contribution in [3.8, 4) is 0 Å². The molecule has 0 aliphatic carbocycles. The van der Waals surface area contributed by atoms with Gasteiger partial charge in [-0.2, -0.15) is 0 Å². The van der Waals surface area contributed by atoms with Crippen LogP contribution in [0.3, 0.4) is 0 Å². The normalized spacial score (nSPS) is 9.69. The monoisotopic (exact) mass is 602 g/mol. The standard InChI is InChI=1S/3C3H8O.3C3H7O.2Sb.3H/c3*1-3(2)4;3*1-2-3-4;;;;;/h3*3-4H,1-2H3;3*4H,1-3H2;;;;;. The Balaban J connectivity index is -0.0000000933. The number of hydrogen-bond acceptors (Lipinski definition) is 6. The average Bonchev–Trinajstić information content (AvgIpc) is 2.44. The van der Waals surface area contributed by atoms with Crippen LogP contribution in [0.25, 0.3) is 0 Å². The van der Waals surface area contributed by atoms with Crippen molar-refractivity contribution in [2.24, 2.45) is 0 Å². The zero-order valence-corrected chi connectivity index (χ0v) is 24.5. The Kier molecular flexibility index (Phi) is 49.7. The Bertz CT molecular complexity index is 167. The van der Waals surface area contributed by atoms with E-state index in [1.807, 2.05) is 0 Å². The zero-order chi connectivity index (χ0) is 20.7. The van der Waals surface area contributed by atoms with Crippen molar-refractivity contribution in [2.45, 2.75) is 92.2 Å². The summed E-state index contributed by atoms with van der Waals surface area (Å²) < 4.78 is 3.58. The summed E-state index contributed by atoms with van der Waals surface area (Å²) in [5.41, 5.74) is 0. The van der Waals surface area contributed by atoms with E-state index in [9.17, 15) is 0 Å². The van der Waals surface area contributed by atoms with E-state index in [0.717, 1.165) is 19.3 Å². The molecule has 6 nitrogen and oxygen atoms in total. The fourth-order valence-electron chi connectivity index (χ4n) is 1.22. The van der Waals surface area contributed by atoms with Crippen LogP contribution in [0.15, 0.2) is 0 Å². The van der Waals surface area contributed by atoms with E-state index in [-0.39, 0.29) is 42.7 Å². The third-order valence-electron chi connectivity index (χ3n) is 1.90. The van der Waals surface area contributed by atoms with Crippen LogP contribution < -0.4 is 0 Å². The van der Waals surface area contributed by atoms with Crippen LogP contribution in [0.2, 0.25) is 13.1 Å². The van der Waals surface area contributed by atoms with Crippen molar-refractivity contribution >= 4 is 44.6 Å². The molecule has 0 aromatic heterocycles. The van der Waals surface area contributed by atoms with Gasteiger partial charge in [0.1, 0.15) is 0 Å². The molecule has 0 aliphatic rings. The molecule has 0 atom stereocenters. The van der Waals surface area contributed by atoms with Crippen molar-refractivity contribution in [1.29, 1.82) is 0 Å². The molecule has 0 aliphatic heterocycles. The Hall–Kier alpha value is 1.40. The van der Waals surface area contributed by atoms with Crippen LogP contribution in [-0.4, -0.2) is 113 Å². The van der Waals surface area contributed by atoms with Crippen LogP contribution in [0, 0.1) is 0 Å². The molecule has 0 amide bonds. The van der Waals surface area contributed by atoms with Gasteiger partial charge in [-0.05, 0) is 41.5 Å². The molecular weight excluding hydrogens is 556 g/mol. The summed E-state index contributed by atoms with van der Waals surface area (Å²) in [6, 6.07) is 0. The van der Waals surface area contributed by atoms with E-state index < -0.39 is 20.2 Å². The third-order valence-corrected chi connectivity index (χ3v) is 10.0. The van der Waals surface area contributed by atoms with Crippen LogP contribution in [-0.2, 0) is 0 Å². The summed E-state index contributed by atoms with van der Waals surface area (Å²) in [7, 11) is 0. The molecule has 6 N–H and O–H groups in total. The average molecular weight is 604 g/mol. The molecule has 0 saturated heterocycles. The van der Waals surface area contributed by atoms with Gasteiger partial charge in [-0.15, -0.1) is 0 Å². The summed E-state index contributed by atoms with van der Waals surface area (Å²) in [6.07, 6.45) is 2.25. The van der Waals surface area contributed by atoms with Crippen molar-refractivity contribution in [3.05, 3.63) is 0 Å². The topological polar surface area (TPSA) is 121 Å². The van der Waals surface area contributed by atoms with Crippen LogP contribution in [0.1, 0.15) is 60.8 Å². The predicted molar refractivity (Wildman–Crippen MR) is 117 cm³/mol. The van der Waals surface area contributed by atoms with Gasteiger partial charge in [0.2, 0.25) is 0 Å². The SMILES string of the molecule is CC(C)O.CC(C)O.CC(C)O.OCC[CH2][Sb]([CH2]CCO)[CH2]CCO.[SbH3]. The molecule has 0 fully saturated rings. The molecule has 0 rings (SSSR count). The van der Waals surface area contributed by atoms with Crippen molar-refractivity contribution < 1.29 is 30.6 Å². The summed E-state index contributed by atoms with van der Waals surface area (Å²) in [4.78, 5) is 0. The third kappa shape index (κ3) is 84.2. The van der Waals surface area contributed by atoms with Crippen molar-refractivity contribution in [2.75, 3.05) is 19.8 Å². The number of aliphatic hydroxyl groups is 6. The van der Waals surface area contributed by atoms with Crippen molar-refractivity contribution in [1.82, 2.24) is 0 Å². The van der Waals surface area contributed by atoms with E-state index in [1.165, 1.54) is 13.1 Å². The molecule has 0 aromatic rings. The number of hydrogen-bond donors (Lipinski definition) is 6. The molecular formula is C18H48O6Sb2. The van der Waals surface area contributed by atoms with E-state index >= 15 is 0 Å². The first kappa shape index (κ1) is 38.1. The minimum absolute atomic E-state index is 0. The van der Waals surface area contributed by atoms with Crippen LogP contribution >= 0.6 is 0 Å². The second-order valence-electron chi connectivity index (χ2n) is 6.35. The second-order valence-corrected chi connectivity index (χ2v) is 14.0. The van der Waals surface area contributed by atoms with Crippen LogP contribution in [0.5, 0.6) is 0 Å². The molecule has 0 spiro atoms. The van der Waals surface area contributed by atoms with Gasteiger partial charge in [0.05, 0.1) is 0 Å². The number of aliphatic hydroxyl groups excluding tert-OH is 6. The first-order valence-electron chi connectivity index (χ1n) is 9.14. The van der Waals surface area contributed by atoms with Gasteiger partial charge in [0.25, 0.3) is 0 Å². The van der Waals surface area contributed by atoms with E-state index in [0.29, 0.717) is 19.8 Å². The first-order valence-corrected chi connectivity index (χ1v) is 14.6. The summed E-state index contributed by atoms with van der Waals surface area (Å²) >= 11 is -1.19. The Labute approximate surface area is 186 Å². The fourth-order valence-corrected chi connectivity index (χ4v) is 8.17. The van der Waals surface area contributed by atoms with Gasteiger partial charge >= 0.3 is 112 Å². The van der Waals surface area contributed by atoms with Gasteiger partial charge in [0, 0.05) is 18.3 Å². The van der Waals surface area contributed by atoms with E-state index in [2.05, 4.69) is 0 Å². The number of rotatable bonds is 9. The van der Waals surface area contributed by atoms with Gasteiger partial charge in [-0.3, -0.25) is 0 Å². The Morgan fingerprint density at radius 1 is 0.538 bits per heavy atom. The minimum atomic E-state index is -1.19. The fraction of sp³-hybridized carbons (Fsp3) is 1.00. The van der Waals surface area contributed by atoms with Crippen LogP contribution in [0.4, 0.5) is 0 Å². The molecule has 8 heteroatoms.